The number of aromatic nitrogens is 1. The number of rotatable bonds is 10. The van der Waals surface area contributed by atoms with Crippen LogP contribution in [0.15, 0.2) is 60.7 Å². The largest absolute Gasteiger partial charge is 0.370 e. The lowest BCUT2D eigenvalue weighted by Crippen LogP contribution is -2.09. The highest BCUT2D eigenvalue weighted by Crippen LogP contribution is 2.37. The van der Waals surface area contributed by atoms with Crippen LogP contribution >= 0.6 is 0 Å². The van der Waals surface area contributed by atoms with Crippen LogP contribution in [0.5, 0.6) is 0 Å². The van der Waals surface area contributed by atoms with Crippen LogP contribution in [-0.2, 0) is 12.8 Å². The molecule has 0 bridgehead atoms. The summed E-state index contributed by atoms with van der Waals surface area (Å²) in [6.45, 7) is 9.89. The SMILES string of the molecule is CCCCc1ccc2c(-c3cccc(NCC(C)C)n3)c3cc(CCCC)ccc3cc2c1. The van der Waals surface area contributed by atoms with E-state index in [1.807, 2.05) is 0 Å². The van der Waals surface area contributed by atoms with Gasteiger partial charge in [-0.3, -0.25) is 0 Å². The fraction of sp³-hybridized carbons (Fsp3) is 0.387. The minimum Gasteiger partial charge on any atom is -0.370 e. The number of aryl methyl sites for hydroxylation is 2. The molecule has 4 aromatic rings. The van der Waals surface area contributed by atoms with E-state index in [1.165, 1.54) is 63.9 Å². The molecule has 0 fully saturated rings. The molecule has 3 aromatic carbocycles. The monoisotopic (exact) mass is 438 g/mol. The molecule has 0 amide bonds. The standard InChI is InChI=1S/C31H38N2/c1-5-7-10-23-15-17-27-26(18-23)20-25-16-14-24(11-8-6-2)19-28(25)31(27)29-12-9-13-30(33-29)32-21-22(3)4/h9,12-20,22H,5-8,10-11,21H2,1-4H3,(H,32,33). The number of benzene rings is 3. The molecular weight excluding hydrogens is 400 g/mol. The number of unbranched alkanes of at least 4 members (excludes halogenated alkanes) is 2. The first-order valence-corrected chi connectivity index (χ1v) is 12.8. The lowest BCUT2D eigenvalue weighted by Gasteiger charge is -2.15. The second kappa shape index (κ2) is 10.8. The van der Waals surface area contributed by atoms with Crippen molar-refractivity contribution in [3.05, 3.63) is 71.8 Å². The molecule has 0 spiro atoms. The molecule has 33 heavy (non-hydrogen) atoms. The third-order valence-electron chi connectivity index (χ3n) is 6.42. The van der Waals surface area contributed by atoms with Crippen LogP contribution in [0.2, 0.25) is 0 Å². The summed E-state index contributed by atoms with van der Waals surface area (Å²) in [6, 6.07) is 22.8. The molecule has 1 aromatic heterocycles. The maximum Gasteiger partial charge on any atom is 0.126 e. The number of pyridine rings is 1. The van der Waals surface area contributed by atoms with Crippen LogP contribution in [0.1, 0.15) is 64.5 Å². The third kappa shape index (κ3) is 5.55. The van der Waals surface area contributed by atoms with Crippen LogP contribution in [-0.4, -0.2) is 11.5 Å². The van der Waals surface area contributed by atoms with Gasteiger partial charge in [-0.2, -0.15) is 0 Å². The number of hydrogen-bond donors (Lipinski definition) is 1. The first-order valence-electron chi connectivity index (χ1n) is 12.8. The van der Waals surface area contributed by atoms with Gasteiger partial charge < -0.3 is 5.32 Å². The van der Waals surface area contributed by atoms with Gasteiger partial charge in [0.1, 0.15) is 5.82 Å². The van der Waals surface area contributed by atoms with Crippen LogP contribution in [0.25, 0.3) is 32.8 Å². The molecule has 0 saturated carbocycles. The molecule has 1 N–H and O–H groups in total. The first-order chi connectivity index (χ1) is 16.1. The van der Waals surface area contributed by atoms with Gasteiger partial charge in [-0.1, -0.05) is 83.0 Å². The zero-order valence-electron chi connectivity index (χ0n) is 20.7. The van der Waals surface area contributed by atoms with E-state index in [0.29, 0.717) is 5.92 Å². The maximum absolute atomic E-state index is 5.07. The highest BCUT2D eigenvalue weighted by molar-refractivity contribution is 6.12. The molecule has 4 rings (SSSR count). The molecular formula is C31H38N2. The van der Waals surface area contributed by atoms with Crippen molar-refractivity contribution in [1.29, 1.82) is 0 Å². The summed E-state index contributed by atoms with van der Waals surface area (Å²) in [5.41, 5.74) is 5.15. The third-order valence-corrected chi connectivity index (χ3v) is 6.42. The van der Waals surface area contributed by atoms with Crippen LogP contribution in [0.4, 0.5) is 5.82 Å². The Kier molecular flexibility index (Phi) is 7.65. The van der Waals surface area contributed by atoms with Crippen LogP contribution in [0.3, 0.4) is 0 Å². The number of fused-ring (bicyclic) bond motifs is 2. The lowest BCUT2D eigenvalue weighted by atomic mass is 9.91. The van der Waals surface area contributed by atoms with E-state index in [9.17, 15) is 0 Å². The number of nitrogens with one attached hydrogen (secondary N) is 1. The predicted molar refractivity (Wildman–Crippen MR) is 145 cm³/mol. The Balaban J connectivity index is 1.90. The summed E-state index contributed by atoms with van der Waals surface area (Å²) in [5, 5.41) is 8.73. The smallest absolute Gasteiger partial charge is 0.126 e. The lowest BCUT2D eigenvalue weighted by molar-refractivity contribution is 0.687. The molecule has 0 radical (unpaired) electrons. The molecule has 0 unspecified atom stereocenters. The number of nitrogens with zero attached hydrogens (tertiary/aromatic N) is 1. The van der Waals surface area contributed by atoms with Crippen molar-refractivity contribution in [1.82, 2.24) is 4.98 Å². The van der Waals surface area contributed by atoms with Gasteiger partial charge in [0.15, 0.2) is 0 Å². The summed E-state index contributed by atoms with van der Waals surface area (Å²) in [6.07, 6.45) is 7.17. The molecule has 0 atom stereocenters. The van der Waals surface area contributed by atoms with Gasteiger partial charge in [-0.05, 0) is 82.5 Å². The second-order valence-corrected chi connectivity index (χ2v) is 9.75. The van der Waals surface area contributed by atoms with E-state index in [1.54, 1.807) is 0 Å². The van der Waals surface area contributed by atoms with Crippen molar-refractivity contribution in [2.45, 2.75) is 66.2 Å². The van der Waals surface area contributed by atoms with Gasteiger partial charge in [0.25, 0.3) is 0 Å². The first kappa shape index (κ1) is 23.3. The normalized spacial score (nSPS) is 11.5. The Morgan fingerprint density at radius 1 is 0.758 bits per heavy atom. The van der Waals surface area contributed by atoms with Gasteiger partial charge in [0.2, 0.25) is 0 Å². The molecule has 0 aliphatic heterocycles. The molecule has 172 valence electrons. The average Bonchev–Trinajstić information content (AvgIpc) is 2.83. The minimum absolute atomic E-state index is 0.580. The van der Waals surface area contributed by atoms with Crippen LogP contribution in [0, 0.1) is 5.92 Å². The van der Waals surface area contributed by atoms with E-state index in [-0.39, 0.29) is 0 Å². The number of hydrogen-bond acceptors (Lipinski definition) is 2. The summed E-state index contributed by atoms with van der Waals surface area (Å²) in [7, 11) is 0. The highest BCUT2D eigenvalue weighted by Gasteiger charge is 2.13. The van der Waals surface area contributed by atoms with Crippen molar-refractivity contribution in [3.63, 3.8) is 0 Å². The van der Waals surface area contributed by atoms with Gasteiger partial charge in [0.05, 0.1) is 5.69 Å². The zero-order valence-corrected chi connectivity index (χ0v) is 20.7. The molecule has 0 aliphatic rings. The predicted octanol–water partition coefficient (Wildman–Crippen LogP) is 8.81. The second-order valence-electron chi connectivity index (χ2n) is 9.75. The Bertz CT molecular complexity index is 1220. The average molecular weight is 439 g/mol. The van der Waals surface area contributed by atoms with Crippen molar-refractivity contribution in [2.75, 3.05) is 11.9 Å². The molecule has 1 heterocycles. The molecule has 0 aliphatic carbocycles. The van der Waals surface area contributed by atoms with Crippen molar-refractivity contribution < 1.29 is 0 Å². The quantitative estimate of drug-likeness (QED) is 0.250. The minimum atomic E-state index is 0.580. The van der Waals surface area contributed by atoms with Gasteiger partial charge in [-0.25, -0.2) is 4.98 Å². The summed E-state index contributed by atoms with van der Waals surface area (Å²) in [5.74, 6) is 1.53. The maximum atomic E-state index is 5.07. The Morgan fingerprint density at radius 2 is 1.48 bits per heavy atom. The van der Waals surface area contributed by atoms with E-state index in [0.717, 1.165) is 30.9 Å². The van der Waals surface area contributed by atoms with E-state index >= 15 is 0 Å². The Labute approximate surface area is 199 Å². The van der Waals surface area contributed by atoms with Crippen molar-refractivity contribution >= 4 is 27.4 Å². The summed E-state index contributed by atoms with van der Waals surface area (Å²) < 4.78 is 0. The van der Waals surface area contributed by atoms with Crippen molar-refractivity contribution in [2.24, 2.45) is 5.92 Å². The Morgan fingerprint density at radius 3 is 2.21 bits per heavy atom. The number of anilines is 1. The molecule has 2 nitrogen and oxygen atoms in total. The van der Waals surface area contributed by atoms with Crippen LogP contribution < -0.4 is 5.32 Å². The van der Waals surface area contributed by atoms with E-state index < -0.39 is 0 Å². The zero-order chi connectivity index (χ0) is 23.2. The Hall–Kier alpha value is -2.87. The van der Waals surface area contributed by atoms with Gasteiger partial charge in [0, 0.05) is 12.1 Å². The highest BCUT2D eigenvalue weighted by atomic mass is 15.0. The molecule has 2 heteroatoms. The summed E-state index contributed by atoms with van der Waals surface area (Å²) >= 11 is 0. The summed E-state index contributed by atoms with van der Waals surface area (Å²) in [4.78, 5) is 5.07. The van der Waals surface area contributed by atoms with Gasteiger partial charge >= 0.3 is 0 Å². The van der Waals surface area contributed by atoms with E-state index in [2.05, 4.69) is 93.7 Å². The fourth-order valence-electron chi connectivity index (χ4n) is 4.55. The topological polar surface area (TPSA) is 24.9 Å². The van der Waals surface area contributed by atoms with Crippen molar-refractivity contribution in [3.8, 4) is 11.3 Å². The van der Waals surface area contributed by atoms with E-state index in [4.69, 9.17) is 4.98 Å². The molecule has 0 saturated heterocycles. The van der Waals surface area contributed by atoms with Gasteiger partial charge in [-0.15, -0.1) is 0 Å². The fourth-order valence-corrected chi connectivity index (χ4v) is 4.55.